The maximum Gasteiger partial charge on any atom is 0.258 e. The van der Waals surface area contributed by atoms with Gasteiger partial charge in [-0.2, -0.15) is 4.98 Å². The van der Waals surface area contributed by atoms with Gasteiger partial charge in [-0.1, -0.05) is 23.4 Å². The van der Waals surface area contributed by atoms with Crippen molar-refractivity contribution in [2.75, 3.05) is 20.8 Å². The average molecular weight is 423 g/mol. The molecule has 0 aliphatic heterocycles. The van der Waals surface area contributed by atoms with Crippen LogP contribution in [0.15, 0.2) is 47.0 Å². The Morgan fingerprint density at radius 3 is 2.65 bits per heavy atom. The van der Waals surface area contributed by atoms with Crippen molar-refractivity contribution < 1.29 is 23.5 Å². The van der Waals surface area contributed by atoms with Crippen LogP contribution in [0.2, 0.25) is 0 Å². The van der Waals surface area contributed by atoms with Gasteiger partial charge in [0, 0.05) is 17.7 Å². The van der Waals surface area contributed by atoms with Gasteiger partial charge in [-0.15, -0.1) is 0 Å². The molecule has 8 nitrogen and oxygen atoms in total. The first-order valence-electron chi connectivity index (χ1n) is 9.75. The smallest absolute Gasteiger partial charge is 0.258 e. The molecule has 0 bridgehead atoms. The molecule has 0 saturated heterocycles. The molecule has 31 heavy (non-hydrogen) atoms. The number of carbonyl (C=O) groups is 1. The van der Waals surface area contributed by atoms with E-state index in [0.29, 0.717) is 29.0 Å². The van der Waals surface area contributed by atoms with Gasteiger partial charge in [0.2, 0.25) is 5.82 Å². The Hall–Kier alpha value is -3.81. The SMILES string of the molecule is COc1ccc(C=Cc2nc(-c3cccc(OCC(=O)NC(C)C)c3)no2)cc1OC. The van der Waals surface area contributed by atoms with Gasteiger partial charge in [-0.05, 0) is 49.8 Å². The van der Waals surface area contributed by atoms with Crippen LogP contribution in [-0.2, 0) is 4.79 Å². The predicted molar refractivity (Wildman–Crippen MR) is 117 cm³/mol. The summed E-state index contributed by atoms with van der Waals surface area (Å²) in [7, 11) is 3.18. The van der Waals surface area contributed by atoms with Gasteiger partial charge in [0.25, 0.3) is 11.8 Å². The Morgan fingerprint density at radius 2 is 1.90 bits per heavy atom. The summed E-state index contributed by atoms with van der Waals surface area (Å²) in [6.07, 6.45) is 3.56. The molecular formula is C23H25N3O5. The standard InChI is InChI=1S/C23H25N3O5/c1-15(2)24-21(27)14-30-18-7-5-6-17(13-18)23-25-22(31-26-23)11-9-16-8-10-19(28-3)20(12-16)29-4/h5-13,15H,14H2,1-4H3,(H,24,27). The number of nitrogens with one attached hydrogen (secondary N) is 1. The molecule has 0 fully saturated rings. The van der Waals surface area contributed by atoms with E-state index < -0.39 is 0 Å². The fraction of sp³-hybridized carbons (Fsp3) is 0.261. The quantitative estimate of drug-likeness (QED) is 0.559. The normalized spacial score (nSPS) is 11.0. The van der Waals surface area contributed by atoms with E-state index in [2.05, 4.69) is 15.5 Å². The van der Waals surface area contributed by atoms with E-state index in [9.17, 15) is 4.79 Å². The third-order valence-corrected chi connectivity index (χ3v) is 4.18. The predicted octanol–water partition coefficient (Wildman–Crippen LogP) is 3.83. The van der Waals surface area contributed by atoms with Crippen LogP contribution in [0, 0.1) is 0 Å². The summed E-state index contributed by atoms with van der Waals surface area (Å²) in [5.74, 6) is 2.43. The molecule has 3 rings (SSSR count). The van der Waals surface area contributed by atoms with Gasteiger partial charge in [0.1, 0.15) is 5.75 Å². The molecular weight excluding hydrogens is 398 g/mol. The van der Waals surface area contributed by atoms with Crippen LogP contribution in [0.3, 0.4) is 0 Å². The summed E-state index contributed by atoms with van der Waals surface area (Å²) in [6.45, 7) is 3.73. The highest BCUT2D eigenvalue weighted by Crippen LogP contribution is 2.28. The van der Waals surface area contributed by atoms with Crippen molar-refractivity contribution in [2.24, 2.45) is 0 Å². The van der Waals surface area contributed by atoms with E-state index in [1.807, 2.05) is 44.2 Å². The third-order valence-electron chi connectivity index (χ3n) is 4.18. The lowest BCUT2D eigenvalue weighted by Gasteiger charge is -2.10. The van der Waals surface area contributed by atoms with E-state index in [4.69, 9.17) is 18.7 Å². The Bertz CT molecular complexity index is 1060. The Balaban J connectivity index is 1.68. The van der Waals surface area contributed by atoms with Crippen molar-refractivity contribution in [3.05, 3.63) is 53.9 Å². The minimum Gasteiger partial charge on any atom is -0.493 e. The molecule has 1 aromatic heterocycles. The highest BCUT2D eigenvalue weighted by atomic mass is 16.5. The van der Waals surface area contributed by atoms with Crippen LogP contribution in [0.1, 0.15) is 25.3 Å². The first kappa shape index (κ1) is 21.9. The zero-order chi connectivity index (χ0) is 22.2. The lowest BCUT2D eigenvalue weighted by atomic mass is 10.2. The van der Waals surface area contributed by atoms with Gasteiger partial charge >= 0.3 is 0 Å². The zero-order valence-electron chi connectivity index (χ0n) is 17.9. The Morgan fingerprint density at radius 1 is 1.10 bits per heavy atom. The lowest BCUT2D eigenvalue weighted by Crippen LogP contribution is -2.34. The number of methoxy groups -OCH3 is 2. The summed E-state index contributed by atoms with van der Waals surface area (Å²) < 4.78 is 21.4. The van der Waals surface area contributed by atoms with E-state index in [1.165, 1.54) is 0 Å². The second kappa shape index (κ2) is 10.3. The van der Waals surface area contributed by atoms with Crippen LogP contribution >= 0.6 is 0 Å². The van der Waals surface area contributed by atoms with Crippen molar-refractivity contribution in [3.63, 3.8) is 0 Å². The highest BCUT2D eigenvalue weighted by Gasteiger charge is 2.10. The fourth-order valence-corrected chi connectivity index (χ4v) is 2.78. The van der Waals surface area contributed by atoms with Gasteiger partial charge in [-0.3, -0.25) is 4.79 Å². The number of amides is 1. The van der Waals surface area contributed by atoms with Gasteiger partial charge in [0.15, 0.2) is 18.1 Å². The molecule has 1 amide bonds. The van der Waals surface area contributed by atoms with Gasteiger partial charge in [0.05, 0.1) is 14.2 Å². The number of hydrogen-bond donors (Lipinski definition) is 1. The number of nitrogens with zero attached hydrogens (tertiary/aromatic N) is 2. The summed E-state index contributed by atoms with van der Waals surface area (Å²) in [4.78, 5) is 16.1. The molecule has 0 unspecified atom stereocenters. The van der Waals surface area contributed by atoms with Crippen LogP contribution in [-0.4, -0.2) is 42.9 Å². The number of benzene rings is 2. The Labute approximate surface area is 180 Å². The number of ether oxygens (including phenoxy) is 3. The molecule has 1 N–H and O–H groups in total. The molecule has 0 atom stereocenters. The van der Waals surface area contributed by atoms with Crippen molar-refractivity contribution in [1.82, 2.24) is 15.5 Å². The largest absolute Gasteiger partial charge is 0.493 e. The molecule has 0 saturated carbocycles. The topological polar surface area (TPSA) is 95.7 Å². The van der Waals surface area contributed by atoms with Gasteiger partial charge < -0.3 is 24.1 Å². The van der Waals surface area contributed by atoms with E-state index in [1.54, 1.807) is 38.5 Å². The van der Waals surface area contributed by atoms with Crippen LogP contribution in [0.25, 0.3) is 23.5 Å². The first-order valence-corrected chi connectivity index (χ1v) is 9.75. The molecule has 2 aromatic carbocycles. The second-order valence-electron chi connectivity index (χ2n) is 6.94. The molecule has 0 aliphatic carbocycles. The molecule has 162 valence electrons. The van der Waals surface area contributed by atoms with E-state index >= 15 is 0 Å². The molecule has 1 heterocycles. The lowest BCUT2D eigenvalue weighted by molar-refractivity contribution is -0.123. The summed E-state index contributed by atoms with van der Waals surface area (Å²) in [5, 5.41) is 6.80. The molecule has 0 aliphatic rings. The first-order chi connectivity index (χ1) is 15.0. The van der Waals surface area contributed by atoms with Crippen molar-refractivity contribution in [2.45, 2.75) is 19.9 Å². The van der Waals surface area contributed by atoms with Crippen molar-refractivity contribution in [1.29, 1.82) is 0 Å². The molecule has 3 aromatic rings. The zero-order valence-corrected chi connectivity index (χ0v) is 17.9. The van der Waals surface area contributed by atoms with Crippen LogP contribution in [0.5, 0.6) is 17.2 Å². The minimum absolute atomic E-state index is 0.0623. The molecule has 0 radical (unpaired) electrons. The highest BCUT2D eigenvalue weighted by molar-refractivity contribution is 5.77. The third kappa shape index (κ3) is 6.08. The number of aromatic nitrogens is 2. The fourth-order valence-electron chi connectivity index (χ4n) is 2.78. The molecule has 0 spiro atoms. The van der Waals surface area contributed by atoms with Crippen molar-refractivity contribution in [3.8, 4) is 28.6 Å². The Kier molecular flexibility index (Phi) is 7.26. The maximum atomic E-state index is 11.8. The van der Waals surface area contributed by atoms with Crippen LogP contribution in [0.4, 0.5) is 0 Å². The average Bonchev–Trinajstić information content (AvgIpc) is 3.25. The number of carbonyl (C=O) groups excluding carboxylic acids is 1. The molecule has 8 heteroatoms. The van der Waals surface area contributed by atoms with E-state index in [0.717, 1.165) is 11.1 Å². The monoisotopic (exact) mass is 423 g/mol. The number of rotatable bonds is 9. The summed E-state index contributed by atoms with van der Waals surface area (Å²) in [5.41, 5.74) is 1.61. The summed E-state index contributed by atoms with van der Waals surface area (Å²) in [6, 6.07) is 12.8. The minimum atomic E-state index is -0.178. The van der Waals surface area contributed by atoms with Gasteiger partial charge in [-0.25, -0.2) is 0 Å². The van der Waals surface area contributed by atoms with Crippen molar-refractivity contribution >= 4 is 18.1 Å². The van der Waals surface area contributed by atoms with E-state index in [-0.39, 0.29) is 18.6 Å². The second-order valence-corrected chi connectivity index (χ2v) is 6.94. The maximum absolute atomic E-state index is 11.8. The number of hydrogen-bond acceptors (Lipinski definition) is 7. The van der Waals surface area contributed by atoms with Crippen LogP contribution < -0.4 is 19.5 Å². The summed E-state index contributed by atoms with van der Waals surface area (Å²) >= 11 is 0.